The molecule has 0 atom stereocenters. The van der Waals surface area contributed by atoms with Crippen molar-refractivity contribution in [3.63, 3.8) is 0 Å². The van der Waals surface area contributed by atoms with Crippen molar-refractivity contribution in [1.82, 2.24) is 0 Å². The van der Waals surface area contributed by atoms with Gasteiger partial charge in [0.25, 0.3) is 0 Å². The third-order valence-corrected chi connectivity index (χ3v) is 6.08. The second-order valence-electron chi connectivity index (χ2n) is 8.65. The van der Waals surface area contributed by atoms with Crippen LogP contribution in [0.1, 0.15) is 21.5 Å². The molecule has 0 N–H and O–H groups in total. The van der Waals surface area contributed by atoms with E-state index in [1.807, 2.05) is 54.6 Å². The van der Waals surface area contributed by atoms with Crippen molar-refractivity contribution in [2.75, 3.05) is 6.61 Å². The lowest BCUT2D eigenvalue weighted by Gasteiger charge is -2.12. The molecule has 0 aromatic heterocycles. The molecule has 4 aromatic carbocycles. The smallest absolute Gasteiger partial charge is 0.349 e. The molecule has 5 rings (SSSR count). The lowest BCUT2D eigenvalue weighted by Crippen LogP contribution is -2.20. The minimum absolute atomic E-state index is 0.0451. The van der Waals surface area contributed by atoms with E-state index < -0.39 is 53.2 Å². The quantitative estimate of drug-likeness (QED) is 0.0647. The second-order valence-corrected chi connectivity index (χ2v) is 8.65. The fourth-order valence-electron chi connectivity index (χ4n) is 4.03. The van der Waals surface area contributed by atoms with Gasteiger partial charge in [0.05, 0.1) is 5.56 Å². The van der Waals surface area contributed by atoms with Crippen LogP contribution in [-0.4, -0.2) is 18.4 Å². The zero-order chi connectivity index (χ0) is 28.6. The number of ketones is 1. The lowest BCUT2D eigenvalue weighted by atomic mass is 10.0. The first-order valence-corrected chi connectivity index (χ1v) is 11.7. The monoisotopic (exact) mass is 552 g/mol. The summed E-state index contributed by atoms with van der Waals surface area (Å²) in [5, 5.41) is 0. The van der Waals surface area contributed by atoms with Crippen LogP contribution in [-0.2, 0) is 4.79 Å². The summed E-state index contributed by atoms with van der Waals surface area (Å²) in [7, 11) is 0. The van der Waals surface area contributed by atoms with Crippen LogP contribution in [0.2, 0.25) is 0 Å². The number of allylic oxidation sites excluding steroid dienone is 1. The first-order chi connectivity index (χ1) is 19.2. The summed E-state index contributed by atoms with van der Waals surface area (Å²) in [5.41, 5.74) is 3.24. The van der Waals surface area contributed by atoms with E-state index in [9.17, 15) is 31.5 Å². The van der Waals surface area contributed by atoms with E-state index in [4.69, 9.17) is 9.47 Å². The van der Waals surface area contributed by atoms with Crippen LogP contribution in [0.5, 0.6) is 17.2 Å². The summed E-state index contributed by atoms with van der Waals surface area (Å²) in [6, 6.07) is 19.9. The zero-order valence-corrected chi connectivity index (χ0v) is 20.6. The summed E-state index contributed by atoms with van der Waals surface area (Å²) < 4.78 is 82.8. The summed E-state index contributed by atoms with van der Waals surface area (Å²) in [6.07, 6.45) is 1.57. The average Bonchev–Trinajstić information content (AvgIpc) is 3.28. The molecule has 0 radical (unpaired) electrons. The molecule has 0 fully saturated rings. The molecule has 1 heterocycles. The van der Waals surface area contributed by atoms with Gasteiger partial charge in [0.15, 0.2) is 18.1 Å². The number of hydrogen-bond acceptors (Lipinski definition) is 5. The van der Waals surface area contributed by atoms with Crippen LogP contribution in [0, 0.1) is 36.0 Å². The maximum atomic E-state index is 13.8. The molecule has 1 aliphatic heterocycles. The molecule has 0 aliphatic carbocycles. The summed E-state index contributed by atoms with van der Waals surface area (Å²) in [5.74, 6) is -14.3. The third-order valence-electron chi connectivity index (χ3n) is 6.08. The first kappa shape index (κ1) is 26.6. The van der Waals surface area contributed by atoms with Gasteiger partial charge in [0.1, 0.15) is 11.5 Å². The molecule has 5 nitrogen and oxygen atoms in total. The van der Waals surface area contributed by atoms with Gasteiger partial charge in [-0.15, -0.1) is 0 Å². The third kappa shape index (κ3) is 4.91. The molecule has 1 aliphatic rings. The normalized spacial score (nSPS) is 13.2. The van der Waals surface area contributed by atoms with Gasteiger partial charge in [-0.1, -0.05) is 54.6 Å². The number of halogens is 5. The van der Waals surface area contributed by atoms with Gasteiger partial charge < -0.3 is 14.2 Å². The van der Waals surface area contributed by atoms with Gasteiger partial charge in [0.2, 0.25) is 34.9 Å². The Kier molecular flexibility index (Phi) is 7.08. The highest BCUT2D eigenvalue weighted by Gasteiger charge is 2.31. The van der Waals surface area contributed by atoms with Crippen LogP contribution < -0.4 is 14.2 Å². The van der Waals surface area contributed by atoms with Gasteiger partial charge in [-0.25, -0.2) is 18.0 Å². The second kappa shape index (κ2) is 10.6. The minimum atomic E-state index is -2.36. The number of Topliss-reactive ketones (excluding diaryl/α,β-unsaturated/α-hetero) is 1. The first-order valence-electron chi connectivity index (χ1n) is 11.7. The topological polar surface area (TPSA) is 61.8 Å². The predicted molar refractivity (Wildman–Crippen MR) is 133 cm³/mol. The molecule has 40 heavy (non-hydrogen) atoms. The fraction of sp³-hybridized carbons (Fsp3) is 0.0667. The Morgan fingerprint density at radius 1 is 0.800 bits per heavy atom. The van der Waals surface area contributed by atoms with Crippen molar-refractivity contribution in [3.8, 4) is 28.4 Å². The Morgan fingerprint density at radius 2 is 1.40 bits per heavy atom. The van der Waals surface area contributed by atoms with Crippen molar-refractivity contribution in [1.29, 1.82) is 0 Å². The Morgan fingerprint density at radius 3 is 2.05 bits per heavy atom. The van der Waals surface area contributed by atoms with E-state index in [1.54, 1.807) is 6.08 Å². The molecule has 0 unspecified atom stereocenters. The SMILES string of the molecule is Cc1c(OC(=O)COc2c(F)c(F)c(F)c(F)c2F)ccc2c1O/C(=C\c1ccc(-c3ccccc3)cc1)C2=O. The summed E-state index contributed by atoms with van der Waals surface area (Å²) in [4.78, 5) is 25.1. The van der Waals surface area contributed by atoms with Crippen LogP contribution in [0.25, 0.3) is 17.2 Å². The van der Waals surface area contributed by atoms with Gasteiger partial charge in [-0.2, -0.15) is 8.78 Å². The number of rotatable bonds is 6. The van der Waals surface area contributed by atoms with E-state index in [-0.39, 0.29) is 28.4 Å². The van der Waals surface area contributed by atoms with Crippen LogP contribution in [0.15, 0.2) is 72.5 Å². The number of carbonyl (C=O) groups excluding carboxylic acids is 2. The Hall–Kier alpha value is -4.99. The molecule has 0 amide bonds. The number of hydrogen-bond donors (Lipinski definition) is 0. The zero-order valence-electron chi connectivity index (χ0n) is 20.6. The molecule has 10 heteroatoms. The summed E-state index contributed by atoms with van der Waals surface area (Å²) >= 11 is 0. The predicted octanol–water partition coefficient (Wildman–Crippen LogP) is 6.96. The average molecular weight is 552 g/mol. The van der Waals surface area contributed by atoms with Crippen molar-refractivity contribution in [2.45, 2.75) is 6.92 Å². The molecular weight excluding hydrogens is 535 g/mol. The molecular formula is C30H17F5O5. The minimum Gasteiger partial charge on any atom is -0.476 e. The molecule has 0 bridgehead atoms. The molecule has 202 valence electrons. The van der Waals surface area contributed by atoms with E-state index in [0.717, 1.165) is 11.1 Å². The lowest BCUT2D eigenvalue weighted by molar-refractivity contribution is -0.136. The van der Waals surface area contributed by atoms with Crippen molar-refractivity contribution in [3.05, 3.63) is 118 Å². The number of ether oxygens (including phenoxy) is 3. The van der Waals surface area contributed by atoms with E-state index in [2.05, 4.69) is 4.74 Å². The Balaban J connectivity index is 1.29. The van der Waals surface area contributed by atoms with Crippen molar-refractivity contribution < 1.29 is 45.8 Å². The van der Waals surface area contributed by atoms with Gasteiger partial charge in [-0.05, 0) is 41.8 Å². The maximum Gasteiger partial charge on any atom is 0.349 e. The van der Waals surface area contributed by atoms with Gasteiger partial charge in [0, 0.05) is 5.56 Å². The van der Waals surface area contributed by atoms with Crippen molar-refractivity contribution in [2.24, 2.45) is 0 Å². The maximum absolute atomic E-state index is 13.8. The molecule has 0 saturated heterocycles. The van der Waals surface area contributed by atoms with Crippen LogP contribution >= 0.6 is 0 Å². The Labute approximate surface area is 224 Å². The molecule has 0 spiro atoms. The summed E-state index contributed by atoms with van der Waals surface area (Å²) in [6.45, 7) is 0.343. The van der Waals surface area contributed by atoms with E-state index >= 15 is 0 Å². The van der Waals surface area contributed by atoms with Crippen LogP contribution in [0.3, 0.4) is 0 Å². The number of benzene rings is 4. The van der Waals surface area contributed by atoms with E-state index in [1.165, 1.54) is 19.1 Å². The fourth-order valence-corrected chi connectivity index (χ4v) is 4.03. The largest absolute Gasteiger partial charge is 0.476 e. The van der Waals surface area contributed by atoms with E-state index in [0.29, 0.717) is 5.56 Å². The highest BCUT2D eigenvalue weighted by molar-refractivity contribution is 6.15. The number of fused-ring (bicyclic) bond motifs is 1. The Bertz CT molecular complexity index is 1650. The highest BCUT2D eigenvalue weighted by Crippen LogP contribution is 2.39. The van der Waals surface area contributed by atoms with Gasteiger partial charge >= 0.3 is 5.97 Å². The molecule has 0 saturated carbocycles. The standard InChI is InChI=1S/C30H17F5O5/c1-15-20(39-22(36)14-38-30-26(34)24(32)23(31)25(33)27(30)35)12-11-19-28(37)21(40-29(15)19)13-16-7-9-18(10-8-16)17-5-3-2-4-6-17/h2-13H,14H2,1H3/b21-13-. The highest BCUT2D eigenvalue weighted by atomic mass is 19.2. The van der Waals surface area contributed by atoms with Gasteiger partial charge in [-0.3, -0.25) is 4.79 Å². The molecule has 4 aromatic rings. The van der Waals surface area contributed by atoms with Crippen molar-refractivity contribution >= 4 is 17.8 Å². The number of esters is 1. The van der Waals surface area contributed by atoms with Crippen LogP contribution in [0.4, 0.5) is 22.0 Å². The number of carbonyl (C=O) groups is 2.